The molecule has 1 aliphatic rings. The van der Waals surface area contributed by atoms with Crippen molar-refractivity contribution in [1.82, 2.24) is 14.8 Å². The average Bonchev–Trinajstić information content (AvgIpc) is 2.81. The molecule has 27 heavy (non-hydrogen) atoms. The number of halogens is 2. The van der Waals surface area contributed by atoms with E-state index in [-0.39, 0.29) is 35.7 Å². The highest BCUT2D eigenvalue weighted by atomic mass is 35.5. The molecule has 142 valence electrons. The van der Waals surface area contributed by atoms with E-state index >= 15 is 0 Å². The van der Waals surface area contributed by atoms with Crippen LogP contribution in [0.25, 0.3) is 0 Å². The first-order chi connectivity index (χ1) is 13.0. The van der Waals surface area contributed by atoms with Gasteiger partial charge in [0, 0.05) is 39.1 Å². The van der Waals surface area contributed by atoms with Crippen LogP contribution in [0, 0.1) is 5.82 Å². The first-order valence-corrected chi connectivity index (χ1v) is 8.79. The lowest BCUT2D eigenvalue weighted by molar-refractivity contribution is -0.132. The van der Waals surface area contributed by atoms with Crippen molar-refractivity contribution in [2.75, 3.05) is 26.7 Å². The number of ether oxygens (including phenoxy) is 1. The lowest BCUT2D eigenvalue weighted by Gasteiger charge is -2.23. The summed E-state index contributed by atoms with van der Waals surface area (Å²) in [5, 5.41) is 0.0119. The fourth-order valence-corrected chi connectivity index (χ4v) is 3.23. The van der Waals surface area contributed by atoms with Crippen molar-refractivity contribution in [2.45, 2.75) is 12.6 Å². The molecule has 1 aromatic carbocycles. The van der Waals surface area contributed by atoms with E-state index in [4.69, 9.17) is 16.3 Å². The Kier molecular flexibility index (Phi) is 6.03. The number of hydrogen-bond donors (Lipinski definition) is 0. The van der Waals surface area contributed by atoms with E-state index in [9.17, 15) is 14.0 Å². The number of pyridine rings is 1. The third kappa shape index (κ3) is 4.61. The molecule has 0 spiro atoms. The molecule has 1 aromatic heterocycles. The molecule has 0 unspecified atom stereocenters. The Morgan fingerprint density at radius 1 is 1.37 bits per heavy atom. The smallest absolute Gasteiger partial charge is 0.255 e. The zero-order chi connectivity index (χ0) is 19.4. The van der Waals surface area contributed by atoms with Gasteiger partial charge in [0.05, 0.1) is 16.7 Å². The fraction of sp³-hybridized carbons (Fsp3) is 0.316. The Labute approximate surface area is 161 Å². The molecule has 1 atom stereocenters. The minimum Gasteiger partial charge on any atom is -0.378 e. The molecule has 1 fully saturated rings. The number of nitrogens with zero attached hydrogens (tertiary/aromatic N) is 3. The van der Waals surface area contributed by atoms with Crippen molar-refractivity contribution in [3.63, 3.8) is 0 Å². The molecule has 2 heterocycles. The molecule has 6 nitrogen and oxygen atoms in total. The summed E-state index contributed by atoms with van der Waals surface area (Å²) in [7, 11) is 1.54. The molecule has 0 radical (unpaired) electrons. The molecule has 0 aliphatic carbocycles. The van der Waals surface area contributed by atoms with Crippen LogP contribution in [0.4, 0.5) is 4.39 Å². The molecule has 0 bridgehead atoms. The molecule has 1 aliphatic heterocycles. The van der Waals surface area contributed by atoms with Crippen LogP contribution < -0.4 is 0 Å². The summed E-state index contributed by atoms with van der Waals surface area (Å²) < 4.78 is 18.7. The van der Waals surface area contributed by atoms with E-state index in [2.05, 4.69) is 4.98 Å². The van der Waals surface area contributed by atoms with Crippen molar-refractivity contribution in [3.8, 4) is 0 Å². The Morgan fingerprint density at radius 3 is 2.85 bits per heavy atom. The van der Waals surface area contributed by atoms with Crippen molar-refractivity contribution >= 4 is 23.4 Å². The molecular weight excluding hydrogens is 373 g/mol. The van der Waals surface area contributed by atoms with Crippen LogP contribution >= 0.6 is 11.6 Å². The first-order valence-electron chi connectivity index (χ1n) is 8.41. The zero-order valence-electron chi connectivity index (χ0n) is 14.8. The van der Waals surface area contributed by atoms with Crippen molar-refractivity contribution in [3.05, 3.63) is 64.7 Å². The molecule has 0 saturated carbocycles. The number of carbonyl (C=O) groups is 2. The summed E-state index contributed by atoms with van der Waals surface area (Å²) in [4.78, 5) is 32.7. The second kappa shape index (κ2) is 8.45. The average molecular weight is 392 g/mol. The number of carbonyl (C=O) groups excluding carboxylic acids is 2. The van der Waals surface area contributed by atoms with Gasteiger partial charge in [-0.15, -0.1) is 0 Å². The standard InChI is InChI=1S/C19H19ClFN3O3/c1-27-15-10-23(9-13-3-2-6-22-8-13)18(25)12-24(11-15)19(26)16-5-4-14(21)7-17(16)20/h2-8,15H,9-12H2,1H3/t15-/m0/s1. The zero-order valence-corrected chi connectivity index (χ0v) is 15.5. The van der Waals surface area contributed by atoms with E-state index < -0.39 is 11.7 Å². The van der Waals surface area contributed by atoms with Gasteiger partial charge in [-0.1, -0.05) is 17.7 Å². The third-order valence-electron chi connectivity index (χ3n) is 4.41. The van der Waals surface area contributed by atoms with E-state index in [1.165, 1.54) is 24.1 Å². The number of aromatic nitrogens is 1. The van der Waals surface area contributed by atoms with Gasteiger partial charge in [-0.3, -0.25) is 14.6 Å². The second-order valence-corrected chi connectivity index (χ2v) is 6.71. The SMILES string of the molecule is CO[C@H]1CN(Cc2cccnc2)C(=O)CN(C(=O)c2ccc(F)cc2Cl)C1. The largest absolute Gasteiger partial charge is 0.378 e. The quantitative estimate of drug-likeness (QED) is 0.802. The maximum Gasteiger partial charge on any atom is 0.255 e. The maximum atomic E-state index is 13.3. The van der Waals surface area contributed by atoms with E-state index in [1.54, 1.807) is 23.4 Å². The monoisotopic (exact) mass is 391 g/mol. The second-order valence-electron chi connectivity index (χ2n) is 6.30. The summed E-state index contributed by atoms with van der Waals surface area (Å²) in [6.45, 7) is 0.863. The van der Waals surface area contributed by atoms with Crippen LogP contribution in [-0.2, 0) is 16.1 Å². The number of hydrogen-bond acceptors (Lipinski definition) is 4. The minimum absolute atomic E-state index is 0.0119. The summed E-state index contributed by atoms with van der Waals surface area (Å²) in [5.41, 5.74) is 1.04. The highest BCUT2D eigenvalue weighted by Gasteiger charge is 2.31. The van der Waals surface area contributed by atoms with Crippen LogP contribution in [0.2, 0.25) is 5.02 Å². The molecule has 0 N–H and O–H groups in total. The summed E-state index contributed by atoms with van der Waals surface area (Å²) in [6.07, 6.45) is 3.01. The number of benzene rings is 1. The minimum atomic E-state index is -0.527. The summed E-state index contributed by atoms with van der Waals surface area (Å²) >= 11 is 6.01. The number of rotatable bonds is 4. The van der Waals surface area contributed by atoms with Gasteiger partial charge in [0.2, 0.25) is 5.91 Å². The highest BCUT2D eigenvalue weighted by molar-refractivity contribution is 6.33. The van der Waals surface area contributed by atoms with Gasteiger partial charge in [-0.25, -0.2) is 4.39 Å². The van der Waals surface area contributed by atoms with Gasteiger partial charge in [-0.05, 0) is 29.8 Å². The number of amides is 2. The van der Waals surface area contributed by atoms with Gasteiger partial charge < -0.3 is 14.5 Å². The van der Waals surface area contributed by atoms with Crippen LogP contribution in [-0.4, -0.2) is 59.4 Å². The van der Waals surface area contributed by atoms with Gasteiger partial charge in [0.15, 0.2) is 0 Å². The van der Waals surface area contributed by atoms with Crippen molar-refractivity contribution in [1.29, 1.82) is 0 Å². The van der Waals surface area contributed by atoms with E-state index in [0.29, 0.717) is 13.1 Å². The Bertz CT molecular complexity index is 834. The molecule has 1 saturated heterocycles. The van der Waals surface area contributed by atoms with Crippen LogP contribution in [0.15, 0.2) is 42.7 Å². The Morgan fingerprint density at radius 2 is 2.19 bits per heavy atom. The topological polar surface area (TPSA) is 62.7 Å². The van der Waals surface area contributed by atoms with Crippen LogP contribution in [0.5, 0.6) is 0 Å². The van der Waals surface area contributed by atoms with Gasteiger partial charge >= 0.3 is 0 Å². The molecular formula is C19H19ClFN3O3. The Hall–Kier alpha value is -2.51. The van der Waals surface area contributed by atoms with E-state index in [0.717, 1.165) is 11.6 Å². The Balaban J connectivity index is 1.80. The van der Waals surface area contributed by atoms with E-state index in [1.807, 2.05) is 6.07 Å². The first kappa shape index (κ1) is 19.3. The summed E-state index contributed by atoms with van der Waals surface area (Å²) in [5.74, 6) is -1.16. The maximum absolute atomic E-state index is 13.3. The molecule has 3 rings (SSSR count). The van der Waals surface area contributed by atoms with Crippen molar-refractivity contribution in [2.24, 2.45) is 0 Å². The highest BCUT2D eigenvalue weighted by Crippen LogP contribution is 2.21. The van der Waals surface area contributed by atoms with Crippen LogP contribution in [0.1, 0.15) is 15.9 Å². The lowest BCUT2D eigenvalue weighted by atomic mass is 10.2. The number of methoxy groups -OCH3 is 1. The molecule has 2 amide bonds. The van der Waals surface area contributed by atoms with Gasteiger partial charge in [0.25, 0.3) is 5.91 Å². The normalized spacial score (nSPS) is 17.7. The lowest BCUT2D eigenvalue weighted by Crippen LogP contribution is -2.39. The fourth-order valence-electron chi connectivity index (χ4n) is 2.98. The van der Waals surface area contributed by atoms with Gasteiger partial charge in [0.1, 0.15) is 12.4 Å². The van der Waals surface area contributed by atoms with Gasteiger partial charge in [-0.2, -0.15) is 0 Å². The predicted molar refractivity (Wildman–Crippen MR) is 97.8 cm³/mol. The predicted octanol–water partition coefficient (Wildman–Crippen LogP) is 2.37. The summed E-state index contributed by atoms with van der Waals surface area (Å²) in [6, 6.07) is 7.26. The van der Waals surface area contributed by atoms with Crippen molar-refractivity contribution < 1.29 is 18.7 Å². The van der Waals surface area contributed by atoms with Crippen LogP contribution in [0.3, 0.4) is 0 Å². The molecule has 8 heteroatoms. The third-order valence-corrected chi connectivity index (χ3v) is 4.72. The molecule has 2 aromatic rings.